The van der Waals surface area contributed by atoms with Crippen LogP contribution in [0.25, 0.3) is 0 Å². The monoisotopic (exact) mass is 374 g/mol. The van der Waals surface area contributed by atoms with Crippen LogP contribution >= 0.6 is 11.3 Å². The molecular weight excluding hydrogens is 352 g/mol. The van der Waals surface area contributed by atoms with E-state index < -0.39 is 12.0 Å². The lowest BCUT2D eigenvalue weighted by Gasteiger charge is -2.19. The SMILES string of the molecule is COC(=O)[C@@H](NC(=O)c1ccc(CNC(=O)c2cccs2)cc1)C(C)C. The molecule has 138 valence electrons. The maximum atomic E-state index is 12.3. The summed E-state index contributed by atoms with van der Waals surface area (Å²) in [6, 6.07) is 9.76. The summed E-state index contributed by atoms with van der Waals surface area (Å²) in [5.74, 6) is -1.03. The highest BCUT2D eigenvalue weighted by Crippen LogP contribution is 2.10. The molecule has 0 saturated carbocycles. The first-order valence-corrected chi connectivity index (χ1v) is 9.09. The quantitative estimate of drug-likeness (QED) is 0.730. The van der Waals surface area contributed by atoms with Gasteiger partial charge in [0.05, 0.1) is 12.0 Å². The molecule has 2 aromatic rings. The van der Waals surface area contributed by atoms with Crippen LogP contribution in [-0.4, -0.2) is 30.9 Å². The summed E-state index contributed by atoms with van der Waals surface area (Å²) < 4.78 is 4.72. The number of esters is 1. The number of hydrogen-bond donors (Lipinski definition) is 2. The summed E-state index contributed by atoms with van der Waals surface area (Å²) in [7, 11) is 1.29. The second kappa shape index (κ2) is 9.15. The molecule has 1 heterocycles. The summed E-state index contributed by atoms with van der Waals surface area (Å²) >= 11 is 1.38. The van der Waals surface area contributed by atoms with Crippen molar-refractivity contribution in [3.8, 4) is 0 Å². The van der Waals surface area contributed by atoms with Gasteiger partial charge in [-0.25, -0.2) is 4.79 Å². The topological polar surface area (TPSA) is 84.5 Å². The normalized spacial score (nSPS) is 11.7. The van der Waals surface area contributed by atoms with Crippen molar-refractivity contribution >= 4 is 29.1 Å². The van der Waals surface area contributed by atoms with Gasteiger partial charge < -0.3 is 15.4 Å². The molecule has 1 atom stereocenters. The molecule has 1 aromatic carbocycles. The number of carbonyl (C=O) groups is 3. The third kappa shape index (κ3) is 5.16. The van der Waals surface area contributed by atoms with Gasteiger partial charge in [0.2, 0.25) is 0 Å². The van der Waals surface area contributed by atoms with Crippen LogP contribution in [0.1, 0.15) is 39.4 Å². The summed E-state index contributed by atoms with van der Waals surface area (Å²) in [4.78, 5) is 36.6. The summed E-state index contributed by atoms with van der Waals surface area (Å²) in [5, 5.41) is 7.37. The Hall–Kier alpha value is -2.67. The predicted octanol–water partition coefficient (Wildman–Crippen LogP) is 2.61. The third-order valence-electron chi connectivity index (χ3n) is 3.82. The number of rotatable bonds is 7. The predicted molar refractivity (Wildman–Crippen MR) is 100 cm³/mol. The lowest BCUT2D eigenvalue weighted by molar-refractivity contribution is -0.144. The lowest BCUT2D eigenvalue weighted by atomic mass is 10.0. The fraction of sp³-hybridized carbons (Fsp3) is 0.316. The van der Waals surface area contributed by atoms with E-state index in [4.69, 9.17) is 4.74 Å². The molecule has 0 fully saturated rings. The number of nitrogens with one attached hydrogen (secondary N) is 2. The summed E-state index contributed by atoms with van der Waals surface area (Å²) in [6.07, 6.45) is 0. The van der Waals surface area contributed by atoms with Gasteiger partial charge in [-0.05, 0) is 35.1 Å². The van der Waals surface area contributed by atoms with Crippen molar-refractivity contribution in [2.24, 2.45) is 5.92 Å². The van der Waals surface area contributed by atoms with Crippen LogP contribution in [0.5, 0.6) is 0 Å². The van der Waals surface area contributed by atoms with Gasteiger partial charge in [0.25, 0.3) is 11.8 Å². The van der Waals surface area contributed by atoms with E-state index in [1.807, 2.05) is 25.3 Å². The molecule has 26 heavy (non-hydrogen) atoms. The van der Waals surface area contributed by atoms with Gasteiger partial charge in [-0.2, -0.15) is 0 Å². The van der Waals surface area contributed by atoms with E-state index in [9.17, 15) is 14.4 Å². The van der Waals surface area contributed by atoms with E-state index in [0.29, 0.717) is 17.0 Å². The number of carbonyl (C=O) groups excluding carboxylic acids is 3. The van der Waals surface area contributed by atoms with Gasteiger partial charge >= 0.3 is 5.97 Å². The average molecular weight is 374 g/mol. The molecule has 2 N–H and O–H groups in total. The summed E-state index contributed by atoms with van der Waals surface area (Å²) in [6.45, 7) is 4.04. The average Bonchev–Trinajstić information content (AvgIpc) is 3.18. The molecule has 0 saturated heterocycles. The minimum atomic E-state index is -0.697. The van der Waals surface area contributed by atoms with Crippen LogP contribution in [0.2, 0.25) is 0 Å². The molecule has 6 nitrogen and oxygen atoms in total. The number of hydrogen-bond acceptors (Lipinski definition) is 5. The zero-order valence-corrected chi connectivity index (χ0v) is 15.8. The molecule has 2 amide bonds. The fourth-order valence-electron chi connectivity index (χ4n) is 2.30. The Morgan fingerprint density at radius 2 is 1.77 bits per heavy atom. The first-order valence-electron chi connectivity index (χ1n) is 8.21. The molecule has 1 aromatic heterocycles. The smallest absolute Gasteiger partial charge is 0.328 e. The standard InChI is InChI=1S/C19H22N2O4S/c1-12(2)16(19(24)25-3)21-17(22)14-8-6-13(7-9-14)11-20-18(23)15-5-4-10-26-15/h4-10,12,16H,11H2,1-3H3,(H,20,23)(H,21,22)/t16-/m0/s1. The largest absolute Gasteiger partial charge is 0.467 e. The number of thiophene rings is 1. The highest BCUT2D eigenvalue weighted by molar-refractivity contribution is 7.12. The molecular formula is C19H22N2O4S. The Morgan fingerprint density at radius 1 is 1.08 bits per heavy atom. The first kappa shape index (κ1) is 19.7. The summed E-state index contributed by atoms with van der Waals surface area (Å²) in [5.41, 5.74) is 1.31. The Kier molecular flexibility index (Phi) is 6.91. The van der Waals surface area contributed by atoms with Crippen molar-refractivity contribution in [1.82, 2.24) is 10.6 Å². The van der Waals surface area contributed by atoms with Crippen molar-refractivity contribution in [2.45, 2.75) is 26.4 Å². The number of ether oxygens (including phenoxy) is 1. The minimum Gasteiger partial charge on any atom is -0.467 e. The van der Waals surface area contributed by atoms with Crippen LogP contribution in [-0.2, 0) is 16.1 Å². The molecule has 0 unspecified atom stereocenters. The highest BCUT2D eigenvalue weighted by Gasteiger charge is 2.25. The zero-order chi connectivity index (χ0) is 19.1. The molecule has 0 aliphatic rings. The van der Waals surface area contributed by atoms with Crippen LogP contribution in [0.15, 0.2) is 41.8 Å². The van der Waals surface area contributed by atoms with Gasteiger partial charge in [-0.3, -0.25) is 9.59 Å². The Bertz CT molecular complexity index is 754. The second-order valence-corrected chi connectivity index (χ2v) is 7.02. The van der Waals surface area contributed by atoms with E-state index in [0.717, 1.165) is 5.56 Å². The minimum absolute atomic E-state index is 0.0851. The third-order valence-corrected chi connectivity index (χ3v) is 4.69. The van der Waals surface area contributed by atoms with Crippen molar-refractivity contribution in [3.63, 3.8) is 0 Å². The Balaban J connectivity index is 1.94. The van der Waals surface area contributed by atoms with Crippen molar-refractivity contribution in [1.29, 1.82) is 0 Å². The maximum Gasteiger partial charge on any atom is 0.328 e. The van der Waals surface area contributed by atoms with Crippen molar-refractivity contribution < 1.29 is 19.1 Å². The number of amides is 2. The zero-order valence-electron chi connectivity index (χ0n) is 14.9. The molecule has 2 rings (SSSR count). The van der Waals surface area contributed by atoms with Gasteiger partial charge in [0.1, 0.15) is 6.04 Å². The Morgan fingerprint density at radius 3 is 2.31 bits per heavy atom. The molecule has 0 aliphatic heterocycles. The van der Waals surface area contributed by atoms with Gasteiger partial charge in [0, 0.05) is 12.1 Å². The Labute approximate surface area is 156 Å². The second-order valence-electron chi connectivity index (χ2n) is 6.08. The first-order chi connectivity index (χ1) is 12.4. The van der Waals surface area contributed by atoms with Crippen LogP contribution < -0.4 is 10.6 Å². The van der Waals surface area contributed by atoms with Crippen molar-refractivity contribution in [2.75, 3.05) is 7.11 Å². The number of methoxy groups -OCH3 is 1. The molecule has 7 heteroatoms. The van der Waals surface area contributed by atoms with E-state index in [2.05, 4.69) is 10.6 Å². The van der Waals surface area contributed by atoms with E-state index >= 15 is 0 Å². The van der Waals surface area contributed by atoms with Gasteiger partial charge in [-0.15, -0.1) is 11.3 Å². The van der Waals surface area contributed by atoms with Crippen LogP contribution in [0.4, 0.5) is 0 Å². The lowest BCUT2D eigenvalue weighted by Crippen LogP contribution is -2.45. The fourth-order valence-corrected chi connectivity index (χ4v) is 2.94. The van der Waals surface area contributed by atoms with Gasteiger partial charge in [-0.1, -0.05) is 32.0 Å². The number of benzene rings is 1. The van der Waals surface area contributed by atoms with Gasteiger partial charge in [0.15, 0.2) is 0 Å². The van der Waals surface area contributed by atoms with E-state index in [1.54, 1.807) is 30.3 Å². The van der Waals surface area contributed by atoms with Crippen LogP contribution in [0, 0.1) is 5.92 Å². The van der Waals surface area contributed by atoms with Crippen LogP contribution in [0.3, 0.4) is 0 Å². The molecule has 0 aliphatic carbocycles. The van der Waals surface area contributed by atoms with Crippen molar-refractivity contribution in [3.05, 3.63) is 57.8 Å². The molecule has 0 radical (unpaired) electrons. The van der Waals surface area contributed by atoms with E-state index in [1.165, 1.54) is 18.4 Å². The van der Waals surface area contributed by atoms with E-state index in [-0.39, 0.29) is 17.7 Å². The molecule has 0 bridgehead atoms. The highest BCUT2D eigenvalue weighted by atomic mass is 32.1. The molecule has 0 spiro atoms. The maximum absolute atomic E-state index is 12.3.